The van der Waals surface area contributed by atoms with E-state index in [1.54, 1.807) is 24.3 Å². The SMILES string of the molecule is Nc1cc(I)ccc1Oc1ccccc1OC(F)(F)F. The van der Waals surface area contributed by atoms with Gasteiger partial charge in [-0.15, -0.1) is 13.2 Å². The van der Waals surface area contributed by atoms with Gasteiger partial charge in [-0.05, 0) is 52.9 Å². The van der Waals surface area contributed by atoms with Crippen molar-refractivity contribution in [2.75, 3.05) is 5.73 Å². The van der Waals surface area contributed by atoms with Gasteiger partial charge < -0.3 is 15.2 Å². The van der Waals surface area contributed by atoms with E-state index in [9.17, 15) is 13.2 Å². The van der Waals surface area contributed by atoms with Gasteiger partial charge in [0.15, 0.2) is 17.2 Å². The molecule has 106 valence electrons. The van der Waals surface area contributed by atoms with Crippen LogP contribution in [0.25, 0.3) is 0 Å². The Morgan fingerprint density at radius 1 is 0.950 bits per heavy atom. The number of para-hydroxylation sites is 2. The first-order chi connectivity index (χ1) is 9.35. The van der Waals surface area contributed by atoms with E-state index >= 15 is 0 Å². The minimum Gasteiger partial charge on any atom is -0.451 e. The standard InChI is InChI=1S/C13H9F3INO2/c14-13(15,16)20-12-4-2-1-3-11(12)19-10-6-5-8(17)7-9(10)18/h1-7H,18H2. The van der Waals surface area contributed by atoms with Crippen molar-refractivity contribution >= 4 is 28.3 Å². The lowest BCUT2D eigenvalue weighted by Crippen LogP contribution is -2.17. The normalized spacial score (nSPS) is 11.2. The van der Waals surface area contributed by atoms with Crippen molar-refractivity contribution < 1.29 is 22.6 Å². The summed E-state index contributed by atoms with van der Waals surface area (Å²) in [5.41, 5.74) is 6.09. The molecule has 0 bridgehead atoms. The zero-order chi connectivity index (χ0) is 14.8. The summed E-state index contributed by atoms with van der Waals surface area (Å²) in [5.74, 6) is -0.209. The molecule has 0 radical (unpaired) electrons. The van der Waals surface area contributed by atoms with Gasteiger partial charge in [-0.25, -0.2) is 0 Å². The molecular formula is C13H9F3INO2. The highest BCUT2D eigenvalue weighted by Gasteiger charge is 2.32. The molecule has 0 spiro atoms. The summed E-state index contributed by atoms with van der Waals surface area (Å²) in [5, 5.41) is 0. The molecule has 0 unspecified atom stereocenters. The van der Waals surface area contributed by atoms with E-state index < -0.39 is 12.1 Å². The maximum absolute atomic E-state index is 12.3. The molecule has 2 rings (SSSR count). The van der Waals surface area contributed by atoms with Crippen LogP contribution in [0.3, 0.4) is 0 Å². The molecule has 3 nitrogen and oxygen atoms in total. The quantitative estimate of drug-likeness (QED) is 0.612. The zero-order valence-corrected chi connectivity index (χ0v) is 12.1. The smallest absolute Gasteiger partial charge is 0.451 e. The van der Waals surface area contributed by atoms with E-state index in [0.717, 1.165) is 3.57 Å². The molecule has 0 heterocycles. The number of benzene rings is 2. The van der Waals surface area contributed by atoms with Crippen LogP contribution in [0.2, 0.25) is 0 Å². The molecule has 2 aromatic carbocycles. The topological polar surface area (TPSA) is 44.5 Å². The fourth-order valence-electron chi connectivity index (χ4n) is 1.47. The van der Waals surface area contributed by atoms with E-state index in [4.69, 9.17) is 10.5 Å². The van der Waals surface area contributed by atoms with Gasteiger partial charge in [0, 0.05) is 3.57 Å². The van der Waals surface area contributed by atoms with E-state index in [0.29, 0.717) is 5.69 Å². The maximum atomic E-state index is 12.3. The predicted octanol–water partition coefficient (Wildman–Crippen LogP) is 4.56. The van der Waals surface area contributed by atoms with Crippen LogP contribution in [0.15, 0.2) is 42.5 Å². The van der Waals surface area contributed by atoms with Gasteiger partial charge in [0.05, 0.1) is 5.69 Å². The average Bonchev–Trinajstić information content (AvgIpc) is 2.33. The van der Waals surface area contributed by atoms with Gasteiger partial charge in [-0.3, -0.25) is 0 Å². The van der Waals surface area contributed by atoms with Crippen LogP contribution in [0.1, 0.15) is 0 Å². The van der Waals surface area contributed by atoms with Crippen LogP contribution >= 0.6 is 22.6 Å². The first-order valence-electron chi connectivity index (χ1n) is 5.43. The number of hydrogen-bond donors (Lipinski definition) is 1. The first kappa shape index (κ1) is 14.8. The van der Waals surface area contributed by atoms with Crippen molar-refractivity contribution in [1.29, 1.82) is 0 Å². The molecule has 20 heavy (non-hydrogen) atoms. The minimum absolute atomic E-state index is 0.0577. The van der Waals surface area contributed by atoms with E-state index in [1.807, 2.05) is 0 Å². The van der Waals surface area contributed by atoms with Crippen molar-refractivity contribution in [1.82, 2.24) is 0 Å². The molecule has 0 aliphatic rings. The lowest BCUT2D eigenvalue weighted by molar-refractivity contribution is -0.275. The molecule has 0 amide bonds. The number of nitrogen functional groups attached to an aromatic ring is 1. The molecule has 0 aliphatic heterocycles. The fourth-order valence-corrected chi connectivity index (χ4v) is 1.99. The summed E-state index contributed by atoms with van der Waals surface area (Å²) in [6, 6.07) is 10.5. The molecule has 0 saturated heterocycles. The van der Waals surface area contributed by atoms with Gasteiger partial charge in [0.25, 0.3) is 0 Å². The molecule has 0 aromatic heterocycles. The third-order valence-electron chi connectivity index (χ3n) is 2.27. The monoisotopic (exact) mass is 395 g/mol. The Morgan fingerprint density at radius 3 is 2.20 bits per heavy atom. The highest BCUT2D eigenvalue weighted by molar-refractivity contribution is 14.1. The Kier molecular flexibility index (Phi) is 4.26. The molecule has 2 N–H and O–H groups in total. The van der Waals surface area contributed by atoms with Gasteiger partial charge in [-0.1, -0.05) is 12.1 Å². The summed E-state index contributed by atoms with van der Waals surface area (Å²) >= 11 is 2.07. The van der Waals surface area contributed by atoms with Crippen LogP contribution in [0.5, 0.6) is 17.2 Å². The number of alkyl halides is 3. The third-order valence-corrected chi connectivity index (χ3v) is 2.94. The number of nitrogens with two attached hydrogens (primary N) is 1. The number of hydrogen-bond acceptors (Lipinski definition) is 3. The second-order valence-corrected chi connectivity index (χ2v) is 5.02. The van der Waals surface area contributed by atoms with Crippen molar-refractivity contribution in [3.8, 4) is 17.2 Å². The highest BCUT2D eigenvalue weighted by atomic mass is 127. The van der Waals surface area contributed by atoms with E-state index in [2.05, 4.69) is 27.3 Å². The van der Waals surface area contributed by atoms with Crippen LogP contribution < -0.4 is 15.2 Å². The summed E-state index contributed by atoms with van der Waals surface area (Å²) in [6.07, 6.45) is -4.78. The number of ether oxygens (including phenoxy) is 2. The summed E-state index contributed by atoms with van der Waals surface area (Å²) in [7, 11) is 0. The van der Waals surface area contributed by atoms with Crippen LogP contribution in [0, 0.1) is 3.57 Å². The number of halogens is 4. The van der Waals surface area contributed by atoms with Crippen molar-refractivity contribution in [3.63, 3.8) is 0 Å². The predicted molar refractivity (Wildman–Crippen MR) is 76.8 cm³/mol. The largest absolute Gasteiger partial charge is 0.573 e. The summed E-state index contributed by atoms with van der Waals surface area (Å²) in [4.78, 5) is 0. The first-order valence-corrected chi connectivity index (χ1v) is 6.51. The highest BCUT2D eigenvalue weighted by Crippen LogP contribution is 2.36. The maximum Gasteiger partial charge on any atom is 0.573 e. The molecule has 0 aliphatic carbocycles. The second kappa shape index (κ2) is 5.78. The van der Waals surface area contributed by atoms with Crippen molar-refractivity contribution in [3.05, 3.63) is 46.0 Å². The lowest BCUT2D eigenvalue weighted by Gasteiger charge is -2.14. The van der Waals surface area contributed by atoms with E-state index in [-0.39, 0.29) is 11.5 Å². The Bertz CT molecular complexity index is 617. The molecule has 0 saturated carbocycles. The summed E-state index contributed by atoms with van der Waals surface area (Å²) < 4.78 is 47.1. The van der Waals surface area contributed by atoms with Gasteiger partial charge >= 0.3 is 6.36 Å². The average molecular weight is 395 g/mol. The van der Waals surface area contributed by atoms with Gasteiger partial charge in [-0.2, -0.15) is 0 Å². The van der Waals surface area contributed by atoms with Crippen molar-refractivity contribution in [2.24, 2.45) is 0 Å². The molecule has 0 atom stereocenters. The van der Waals surface area contributed by atoms with Crippen LogP contribution in [0.4, 0.5) is 18.9 Å². The summed E-state index contributed by atoms with van der Waals surface area (Å²) in [6.45, 7) is 0. The third kappa shape index (κ3) is 3.92. The Morgan fingerprint density at radius 2 is 1.60 bits per heavy atom. The van der Waals surface area contributed by atoms with Gasteiger partial charge in [0.1, 0.15) is 0 Å². The molecule has 7 heteroatoms. The fraction of sp³-hybridized carbons (Fsp3) is 0.0769. The van der Waals surface area contributed by atoms with Crippen LogP contribution in [-0.4, -0.2) is 6.36 Å². The van der Waals surface area contributed by atoms with Gasteiger partial charge in [0.2, 0.25) is 0 Å². The van der Waals surface area contributed by atoms with E-state index in [1.165, 1.54) is 18.2 Å². The van der Waals surface area contributed by atoms with Crippen LogP contribution in [-0.2, 0) is 0 Å². The number of anilines is 1. The Hall–Kier alpha value is -1.64. The number of rotatable bonds is 3. The lowest BCUT2D eigenvalue weighted by atomic mass is 10.3. The molecular weight excluding hydrogens is 386 g/mol. The van der Waals surface area contributed by atoms with Crippen molar-refractivity contribution in [2.45, 2.75) is 6.36 Å². The Labute approximate surface area is 126 Å². The zero-order valence-electron chi connectivity index (χ0n) is 9.95. The molecule has 0 fully saturated rings. The Balaban J connectivity index is 2.29. The molecule has 2 aromatic rings. The minimum atomic E-state index is -4.78. The second-order valence-electron chi connectivity index (χ2n) is 3.78.